The van der Waals surface area contributed by atoms with Crippen molar-refractivity contribution >= 4 is 11.6 Å². The Morgan fingerprint density at radius 2 is 1.55 bits per heavy atom. The predicted molar refractivity (Wildman–Crippen MR) is 73.9 cm³/mol. The van der Waals surface area contributed by atoms with Gasteiger partial charge in [0.1, 0.15) is 5.75 Å². The van der Waals surface area contributed by atoms with Crippen LogP contribution in [0.5, 0.6) is 17.8 Å². The third-order valence-electron chi connectivity index (χ3n) is 2.61. The Balaban J connectivity index is 2.27. The van der Waals surface area contributed by atoms with Crippen LogP contribution in [-0.4, -0.2) is 36.3 Å². The molecule has 0 amide bonds. The molecule has 7 nitrogen and oxygen atoms in total. The maximum absolute atomic E-state index is 5.21. The Morgan fingerprint density at radius 3 is 2.05 bits per heavy atom. The lowest BCUT2D eigenvalue weighted by molar-refractivity contribution is 0.341. The number of methoxy groups -OCH3 is 3. The molecule has 0 radical (unpaired) electrons. The minimum Gasteiger partial charge on any atom is -0.496 e. The van der Waals surface area contributed by atoms with Gasteiger partial charge in [-0.2, -0.15) is 9.97 Å². The number of hydrogen-bond acceptors (Lipinski definition) is 7. The molecule has 2 rings (SSSR count). The second-order valence-electron chi connectivity index (χ2n) is 3.94. The third kappa shape index (κ3) is 3.05. The molecule has 1 aromatic carbocycles. The quantitative estimate of drug-likeness (QED) is 0.894. The highest BCUT2D eigenvalue weighted by Crippen LogP contribution is 2.23. The summed E-state index contributed by atoms with van der Waals surface area (Å²) in [5.41, 5.74) is 1.84. The van der Waals surface area contributed by atoms with Crippen molar-refractivity contribution in [2.75, 3.05) is 26.6 Å². The van der Waals surface area contributed by atoms with Crippen LogP contribution in [0.25, 0.3) is 0 Å². The van der Waals surface area contributed by atoms with Crippen molar-refractivity contribution in [2.24, 2.45) is 0 Å². The zero-order chi connectivity index (χ0) is 14.5. The van der Waals surface area contributed by atoms with E-state index in [1.165, 1.54) is 14.2 Å². The highest BCUT2D eigenvalue weighted by Gasteiger charge is 2.08. The van der Waals surface area contributed by atoms with Crippen LogP contribution in [0.3, 0.4) is 0 Å². The molecule has 0 atom stereocenters. The van der Waals surface area contributed by atoms with Crippen LogP contribution in [0.2, 0.25) is 0 Å². The van der Waals surface area contributed by atoms with Crippen LogP contribution >= 0.6 is 0 Å². The molecule has 106 valence electrons. The maximum Gasteiger partial charge on any atom is 0.324 e. The number of ether oxygens (including phenoxy) is 3. The molecule has 0 saturated carbocycles. The molecule has 1 heterocycles. The number of anilines is 2. The fraction of sp³-hybridized carbons (Fsp3) is 0.308. The van der Waals surface area contributed by atoms with Crippen molar-refractivity contribution in [1.29, 1.82) is 0 Å². The number of rotatable bonds is 5. The smallest absolute Gasteiger partial charge is 0.324 e. The van der Waals surface area contributed by atoms with E-state index in [-0.39, 0.29) is 12.0 Å². The topological polar surface area (TPSA) is 78.4 Å². The second kappa shape index (κ2) is 6.05. The fourth-order valence-corrected chi connectivity index (χ4v) is 1.66. The van der Waals surface area contributed by atoms with Crippen LogP contribution in [0.1, 0.15) is 5.56 Å². The van der Waals surface area contributed by atoms with Crippen molar-refractivity contribution in [3.05, 3.63) is 23.8 Å². The third-order valence-corrected chi connectivity index (χ3v) is 2.61. The lowest BCUT2D eigenvalue weighted by atomic mass is 10.2. The van der Waals surface area contributed by atoms with Gasteiger partial charge in [0.2, 0.25) is 5.95 Å². The summed E-state index contributed by atoms with van der Waals surface area (Å²) in [6.45, 7) is 1.96. The van der Waals surface area contributed by atoms with Crippen LogP contribution in [-0.2, 0) is 0 Å². The molecule has 1 aromatic heterocycles. The van der Waals surface area contributed by atoms with E-state index in [2.05, 4.69) is 20.3 Å². The van der Waals surface area contributed by atoms with E-state index < -0.39 is 0 Å². The highest BCUT2D eigenvalue weighted by atomic mass is 16.5. The summed E-state index contributed by atoms with van der Waals surface area (Å²) in [5, 5.41) is 3.07. The molecule has 2 aromatic rings. The van der Waals surface area contributed by atoms with Gasteiger partial charge in [0.05, 0.1) is 21.3 Å². The Labute approximate surface area is 116 Å². The van der Waals surface area contributed by atoms with Gasteiger partial charge in [-0.15, -0.1) is 4.98 Å². The van der Waals surface area contributed by atoms with E-state index >= 15 is 0 Å². The van der Waals surface area contributed by atoms with E-state index in [4.69, 9.17) is 14.2 Å². The number of aromatic nitrogens is 3. The van der Waals surface area contributed by atoms with Gasteiger partial charge in [-0.1, -0.05) is 0 Å². The molecule has 0 spiro atoms. The van der Waals surface area contributed by atoms with Crippen molar-refractivity contribution in [1.82, 2.24) is 15.0 Å². The fourth-order valence-electron chi connectivity index (χ4n) is 1.66. The number of aryl methyl sites for hydroxylation is 1. The molecule has 0 fully saturated rings. The van der Waals surface area contributed by atoms with Crippen molar-refractivity contribution in [3.8, 4) is 17.8 Å². The summed E-state index contributed by atoms with van der Waals surface area (Å²) in [4.78, 5) is 12.1. The molecule has 0 saturated heterocycles. The summed E-state index contributed by atoms with van der Waals surface area (Å²) in [6.07, 6.45) is 0. The Kier molecular flexibility index (Phi) is 4.19. The van der Waals surface area contributed by atoms with Crippen LogP contribution in [0.15, 0.2) is 18.2 Å². The number of nitrogens with zero attached hydrogens (tertiary/aromatic N) is 3. The van der Waals surface area contributed by atoms with E-state index in [0.717, 1.165) is 17.0 Å². The molecule has 0 unspecified atom stereocenters. The summed E-state index contributed by atoms with van der Waals surface area (Å²) in [6, 6.07) is 6.04. The lowest BCUT2D eigenvalue weighted by Gasteiger charge is -2.09. The average molecular weight is 276 g/mol. The van der Waals surface area contributed by atoms with Gasteiger partial charge in [0.25, 0.3) is 0 Å². The zero-order valence-electron chi connectivity index (χ0n) is 11.8. The molecule has 1 N–H and O–H groups in total. The monoisotopic (exact) mass is 276 g/mol. The molecular weight excluding hydrogens is 260 g/mol. The second-order valence-corrected chi connectivity index (χ2v) is 3.94. The van der Waals surface area contributed by atoms with Crippen LogP contribution in [0, 0.1) is 6.92 Å². The Bertz CT molecular complexity index is 582. The largest absolute Gasteiger partial charge is 0.496 e. The minimum absolute atomic E-state index is 0.185. The van der Waals surface area contributed by atoms with E-state index in [1.54, 1.807) is 7.11 Å². The first-order chi connectivity index (χ1) is 9.66. The number of benzene rings is 1. The first-order valence-corrected chi connectivity index (χ1v) is 5.92. The van der Waals surface area contributed by atoms with Gasteiger partial charge in [-0.25, -0.2) is 0 Å². The SMILES string of the molecule is COc1nc(Nc2ccc(OC)c(C)c2)nc(OC)n1. The van der Waals surface area contributed by atoms with E-state index in [9.17, 15) is 0 Å². The van der Waals surface area contributed by atoms with Crippen LogP contribution in [0.4, 0.5) is 11.6 Å². The Morgan fingerprint density at radius 1 is 0.900 bits per heavy atom. The molecule has 0 aliphatic rings. The predicted octanol–water partition coefficient (Wildman–Crippen LogP) is 1.95. The molecule has 0 bridgehead atoms. The van der Waals surface area contributed by atoms with Crippen molar-refractivity contribution in [2.45, 2.75) is 6.92 Å². The molecular formula is C13H16N4O3. The maximum atomic E-state index is 5.21. The molecule has 7 heteroatoms. The van der Waals surface area contributed by atoms with Crippen molar-refractivity contribution < 1.29 is 14.2 Å². The summed E-state index contributed by atoms with van der Waals surface area (Å²) in [5.74, 6) is 1.17. The minimum atomic E-state index is 0.185. The van der Waals surface area contributed by atoms with Gasteiger partial charge >= 0.3 is 12.0 Å². The number of nitrogens with one attached hydrogen (secondary N) is 1. The summed E-state index contributed by atoms with van der Waals surface area (Å²) >= 11 is 0. The van der Waals surface area contributed by atoms with Gasteiger partial charge in [0, 0.05) is 5.69 Å². The van der Waals surface area contributed by atoms with Gasteiger partial charge in [0.15, 0.2) is 0 Å². The van der Waals surface area contributed by atoms with Crippen LogP contribution < -0.4 is 19.5 Å². The van der Waals surface area contributed by atoms with Crippen molar-refractivity contribution in [3.63, 3.8) is 0 Å². The first-order valence-electron chi connectivity index (χ1n) is 5.92. The first kappa shape index (κ1) is 13.9. The standard InChI is InChI=1S/C13H16N4O3/c1-8-7-9(5-6-10(8)18-2)14-11-15-12(19-3)17-13(16-11)20-4/h5-7H,1-4H3,(H,14,15,16,17). The molecule has 20 heavy (non-hydrogen) atoms. The molecule has 0 aliphatic heterocycles. The van der Waals surface area contributed by atoms with E-state index in [1.807, 2.05) is 25.1 Å². The van der Waals surface area contributed by atoms with E-state index in [0.29, 0.717) is 5.95 Å². The normalized spacial score (nSPS) is 10.0. The number of hydrogen-bond donors (Lipinski definition) is 1. The zero-order valence-corrected chi connectivity index (χ0v) is 11.8. The lowest BCUT2D eigenvalue weighted by Crippen LogP contribution is -2.04. The van der Waals surface area contributed by atoms with Gasteiger partial charge in [-0.3, -0.25) is 0 Å². The Hall–Kier alpha value is -2.57. The van der Waals surface area contributed by atoms with Gasteiger partial charge in [-0.05, 0) is 30.7 Å². The average Bonchev–Trinajstić information content (AvgIpc) is 2.47. The summed E-state index contributed by atoms with van der Waals surface area (Å²) < 4.78 is 15.2. The van der Waals surface area contributed by atoms with Gasteiger partial charge < -0.3 is 19.5 Å². The highest BCUT2D eigenvalue weighted by molar-refractivity contribution is 5.57. The molecule has 0 aliphatic carbocycles. The summed E-state index contributed by atoms with van der Waals surface area (Å²) in [7, 11) is 4.60.